The third-order valence-electron chi connectivity index (χ3n) is 6.84. The minimum absolute atomic E-state index is 0.0684. The van der Waals surface area contributed by atoms with Crippen LogP contribution in [-0.2, 0) is 23.8 Å². The van der Waals surface area contributed by atoms with E-state index in [-0.39, 0.29) is 29.4 Å². The first-order valence-electron chi connectivity index (χ1n) is 12.7. The van der Waals surface area contributed by atoms with E-state index in [1.54, 1.807) is 24.4 Å². The highest BCUT2D eigenvalue weighted by Crippen LogP contribution is 2.39. The average molecular weight is 608 g/mol. The third-order valence-corrected chi connectivity index (χ3v) is 7.88. The molecule has 2 aromatic carbocycles. The molecule has 3 aromatic rings. The molecule has 2 aliphatic heterocycles. The number of amidine groups is 1. The summed E-state index contributed by atoms with van der Waals surface area (Å²) < 4.78 is 90.2. The largest absolute Gasteiger partial charge is 0.493 e. The van der Waals surface area contributed by atoms with Crippen molar-refractivity contribution in [3.63, 3.8) is 0 Å². The maximum atomic E-state index is 13.5. The van der Waals surface area contributed by atoms with Gasteiger partial charge >= 0.3 is 12.4 Å². The van der Waals surface area contributed by atoms with E-state index in [9.17, 15) is 31.1 Å². The number of aromatic nitrogens is 1. The van der Waals surface area contributed by atoms with Crippen molar-refractivity contribution < 1.29 is 40.6 Å². The number of halogens is 6. The Morgan fingerprint density at radius 2 is 1.86 bits per heavy atom. The first kappa shape index (κ1) is 29.5. The number of hydrogen-bond donors (Lipinski definition) is 0. The Morgan fingerprint density at radius 1 is 1.05 bits per heavy atom. The van der Waals surface area contributed by atoms with Gasteiger partial charge in [0.1, 0.15) is 6.61 Å². The summed E-state index contributed by atoms with van der Waals surface area (Å²) in [5.41, 5.74) is -1.61. The number of carbonyl (C=O) groups is 1. The summed E-state index contributed by atoms with van der Waals surface area (Å²) in [5, 5.41) is 0.613. The lowest BCUT2D eigenvalue weighted by Gasteiger charge is -2.17. The van der Waals surface area contributed by atoms with Gasteiger partial charge in [-0.1, -0.05) is 18.2 Å². The molecule has 6 nitrogen and oxygen atoms in total. The van der Waals surface area contributed by atoms with Gasteiger partial charge in [0.25, 0.3) is 5.91 Å². The molecule has 1 unspecified atom stereocenters. The lowest BCUT2D eigenvalue weighted by atomic mass is 10.0. The van der Waals surface area contributed by atoms with Gasteiger partial charge in [0.05, 0.1) is 23.1 Å². The zero-order valence-corrected chi connectivity index (χ0v) is 22.8. The molecule has 5 rings (SSSR count). The Labute approximate surface area is 241 Å². The molecule has 1 aromatic heterocycles. The maximum Gasteiger partial charge on any atom is 0.416 e. The van der Waals surface area contributed by atoms with E-state index in [1.165, 1.54) is 24.9 Å². The maximum absolute atomic E-state index is 13.5. The molecule has 2 aliphatic rings. The van der Waals surface area contributed by atoms with Crippen LogP contribution in [0, 0.1) is 0 Å². The third kappa shape index (κ3) is 6.56. The van der Waals surface area contributed by atoms with Crippen LogP contribution in [0.2, 0.25) is 0 Å². The van der Waals surface area contributed by atoms with Gasteiger partial charge in [-0.25, -0.2) is 0 Å². The predicted molar refractivity (Wildman–Crippen MR) is 145 cm³/mol. The number of thioether (sulfide) groups is 1. The van der Waals surface area contributed by atoms with Gasteiger partial charge < -0.3 is 14.4 Å². The van der Waals surface area contributed by atoms with E-state index >= 15 is 0 Å². The average Bonchev–Trinajstić information content (AvgIpc) is 3.59. The molecule has 1 fully saturated rings. The first-order valence-corrected chi connectivity index (χ1v) is 13.5. The summed E-state index contributed by atoms with van der Waals surface area (Å²) in [7, 11) is 1.33. The zero-order valence-electron chi connectivity index (χ0n) is 22.0. The zero-order chi connectivity index (χ0) is 30.1. The smallest absolute Gasteiger partial charge is 0.416 e. The van der Waals surface area contributed by atoms with E-state index < -0.39 is 35.6 Å². The highest BCUT2D eigenvalue weighted by molar-refractivity contribution is 8.18. The fraction of sp³-hybridized carbons (Fsp3) is 0.276. The molecular formula is C29H23F6N3O3S. The second-order valence-electron chi connectivity index (χ2n) is 9.59. The van der Waals surface area contributed by atoms with Crippen LogP contribution < -0.4 is 9.47 Å². The van der Waals surface area contributed by atoms with E-state index in [2.05, 4.69) is 14.9 Å². The highest BCUT2D eigenvalue weighted by atomic mass is 32.2. The number of likely N-dealkylation sites (tertiary alicyclic amines) is 1. The second kappa shape index (κ2) is 11.7. The molecule has 0 N–H and O–H groups in total. The summed E-state index contributed by atoms with van der Waals surface area (Å²) in [6.07, 6.45) is -3.83. The Bertz CT molecular complexity index is 1540. The fourth-order valence-electron chi connectivity index (χ4n) is 4.70. The van der Waals surface area contributed by atoms with E-state index in [0.29, 0.717) is 28.2 Å². The number of methoxy groups -OCH3 is 1. The fourth-order valence-corrected chi connectivity index (χ4v) is 5.65. The van der Waals surface area contributed by atoms with Gasteiger partial charge in [0.15, 0.2) is 16.7 Å². The first-order chi connectivity index (χ1) is 19.9. The summed E-state index contributed by atoms with van der Waals surface area (Å²) in [6.45, 7) is 0.818. The predicted octanol–water partition coefficient (Wildman–Crippen LogP) is 7.17. The van der Waals surface area contributed by atoms with E-state index in [1.807, 2.05) is 18.3 Å². The Hall–Kier alpha value is -4.00. The van der Waals surface area contributed by atoms with Gasteiger partial charge in [0, 0.05) is 37.0 Å². The summed E-state index contributed by atoms with van der Waals surface area (Å²) in [4.78, 5) is 23.5. The molecule has 42 heavy (non-hydrogen) atoms. The lowest BCUT2D eigenvalue weighted by molar-refractivity contribution is -0.143. The molecule has 13 heteroatoms. The second-order valence-corrected chi connectivity index (χ2v) is 10.6. The number of carbonyl (C=O) groups excluding carboxylic acids is 1. The van der Waals surface area contributed by atoms with Crippen molar-refractivity contribution in [2.45, 2.75) is 31.3 Å². The van der Waals surface area contributed by atoms with Crippen LogP contribution in [0.4, 0.5) is 26.3 Å². The van der Waals surface area contributed by atoms with Crippen LogP contribution >= 0.6 is 11.8 Å². The topological polar surface area (TPSA) is 64.0 Å². The molecular weight excluding hydrogens is 584 g/mol. The van der Waals surface area contributed by atoms with E-state index in [4.69, 9.17) is 9.47 Å². The molecule has 0 bridgehead atoms. The summed E-state index contributed by atoms with van der Waals surface area (Å²) >= 11 is 1.25. The van der Waals surface area contributed by atoms with Crippen molar-refractivity contribution in [2.24, 2.45) is 4.99 Å². The minimum Gasteiger partial charge on any atom is -0.493 e. The van der Waals surface area contributed by atoms with Crippen LogP contribution in [0.3, 0.4) is 0 Å². The molecule has 1 atom stereocenters. The van der Waals surface area contributed by atoms with Gasteiger partial charge in [-0.15, -0.1) is 0 Å². The number of amides is 1. The standard InChI is InChI=1S/C29H23F6N3O3S/c1-40-24-11-17(4-7-23(24)41-16-20-5-6-21(28(30,31)32)13-22(20)29(33,34)35)12-25-26(39)37-27(42-25)38-10-8-19(15-38)18-3-2-9-36-14-18/h2-7,9,11-14,19H,8,10,15-16H2,1H3/b25-12-. The summed E-state index contributed by atoms with van der Waals surface area (Å²) in [6, 6.07) is 9.89. The lowest BCUT2D eigenvalue weighted by Crippen LogP contribution is -2.24. The number of nitrogens with zero attached hydrogens (tertiary/aromatic N) is 3. The molecule has 0 radical (unpaired) electrons. The van der Waals surface area contributed by atoms with Crippen LogP contribution in [0.15, 0.2) is 70.8 Å². The van der Waals surface area contributed by atoms with Crippen LogP contribution in [-0.4, -0.2) is 41.2 Å². The van der Waals surface area contributed by atoms with Crippen LogP contribution in [0.1, 0.15) is 40.2 Å². The normalized spacial score (nSPS) is 18.5. The minimum atomic E-state index is -5.01. The quantitative estimate of drug-likeness (QED) is 0.219. The molecule has 1 saturated heterocycles. The summed E-state index contributed by atoms with van der Waals surface area (Å²) in [5.74, 6) is 0.145. The molecule has 1 amide bonds. The SMILES string of the molecule is COc1cc(/C=C2\SC(N3CCC(c4cccnc4)C3)=NC2=O)ccc1OCc1ccc(C(F)(F)F)cc1C(F)(F)F. The molecule has 220 valence electrons. The Balaban J connectivity index is 1.27. The number of benzene rings is 2. The number of aliphatic imine (C=N–C) groups is 1. The van der Waals surface area contributed by atoms with Crippen molar-refractivity contribution in [1.82, 2.24) is 9.88 Å². The van der Waals surface area contributed by atoms with Gasteiger partial charge in [-0.05, 0) is 65.7 Å². The number of rotatable bonds is 6. The van der Waals surface area contributed by atoms with Crippen LogP contribution in [0.5, 0.6) is 11.5 Å². The number of alkyl halides is 6. The van der Waals surface area contributed by atoms with Crippen LogP contribution in [0.25, 0.3) is 6.08 Å². The number of ether oxygens (including phenoxy) is 2. The van der Waals surface area contributed by atoms with Crippen molar-refractivity contribution in [1.29, 1.82) is 0 Å². The Morgan fingerprint density at radius 3 is 2.55 bits per heavy atom. The van der Waals surface area contributed by atoms with Crippen molar-refractivity contribution in [3.05, 3.63) is 93.6 Å². The Kier molecular flexibility index (Phi) is 8.22. The van der Waals surface area contributed by atoms with Crippen molar-refractivity contribution >= 4 is 28.9 Å². The monoisotopic (exact) mass is 607 g/mol. The van der Waals surface area contributed by atoms with Crippen molar-refractivity contribution in [3.8, 4) is 11.5 Å². The van der Waals surface area contributed by atoms with E-state index in [0.717, 1.165) is 24.6 Å². The molecule has 0 saturated carbocycles. The molecule has 3 heterocycles. The molecule has 0 spiro atoms. The highest BCUT2D eigenvalue weighted by Gasteiger charge is 2.38. The number of pyridine rings is 1. The van der Waals surface area contributed by atoms with Crippen molar-refractivity contribution in [2.75, 3.05) is 20.2 Å². The molecule has 0 aliphatic carbocycles. The van der Waals surface area contributed by atoms with Gasteiger partial charge in [-0.2, -0.15) is 31.3 Å². The van der Waals surface area contributed by atoms with Gasteiger partial charge in [0.2, 0.25) is 0 Å². The number of hydrogen-bond acceptors (Lipinski definition) is 6. The van der Waals surface area contributed by atoms with Gasteiger partial charge in [-0.3, -0.25) is 9.78 Å².